The SMILES string of the molecule is COC(=O)c1ccc(C(=O)OC)c(NC(=O)Cn2nnc(-c3ccc(F)cc3)n2)c1. The van der Waals surface area contributed by atoms with E-state index in [1.807, 2.05) is 0 Å². The van der Waals surface area contributed by atoms with Gasteiger partial charge in [0.15, 0.2) is 0 Å². The summed E-state index contributed by atoms with van der Waals surface area (Å²) in [6, 6.07) is 9.50. The van der Waals surface area contributed by atoms with E-state index in [9.17, 15) is 18.8 Å². The van der Waals surface area contributed by atoms with Crippen LogP contribution >= 0.6 is 0 Å². The van der Waals surface area contributed by atoms with Crippen LogP contribution in [0.3, 0.4) is 0 Å². The van der Waals surface area contributed by atoms with Crippen LogP contribution in [-0.4, -0.2) is 52.3 Å². The minimum absolute atomic E-state index is 0.0528. The van der Waals surface area contributed by atoms with Crippen molar-refractivity contribution in [1.29, 1.82) is 0 Å². The Bertz CT molecular complexity index is 1100. The van der Waals surface area contributed by atoms with Gasteiger partial charge in [-0.05, 0) is 47.7 Å². The van der Waals surface area contributed by atoms with Crippen molar-refractivity contribution < 1.29 is 28.2 Å². The Kier molecular flexibility index (Phi) is 6.11. The molecule has 0 saturated carbocycles. The van der Waals surface area contributed by atoms with E-state index in [1.54, 1.807) is 0 Å². The highest BCUT2D eigenvalue weighted by Crippen LogP contribution is 2.20. The van der Waals surface area contributed by atoms with Gasteiger partial charge >= 0.3 is 11.9 Å². The number of hydrogen-bond donors (Lipinski definition) is 1. The van der Waals surface area contributed by atoms with Gasteiger partial charge in [-0.1, -0.05) is 0 Å². The topological polar surface area (TPSA) is 125 Å². The quantitative estimate of drug-likeness (QED) is 0.605. The highest BCUT2D eigenvalue weighted by atomic mass is 19.1. The molecule has 0 aliphatic heterocycles. The molecule has 1 aromatic heterocycles. The number of methoxy groups -OCH3 is 2. The number of esters is 2. The molecule has 0 radical (unpaired) electrons. The number of carbonyl (C=O) groups excluding carboxylic acids is 3. The molecule has 10 nitrogen and oxygen atoms in total. The first kappa shape index (κ1) is 20.6. The lowest BCUT2D eigenvalue weighted by molar-refractivity contribution is -0.117. The summed E-state index contributed by atoms with van der Waals surface area (Å²) < 4.78 is 22.4. The summed E-state index contributed by atoms with van der Waals surface area (Å²) in [6.45, 7) is -0.322. The molecule has 3 aromatic rings. The molecule has 30 heavy (non-hydrogen) atoms. The standard InChI is InChI=1S/C19H16FN5O5/c1-29-18(27)12-5-8-14(19(28)30-2)15(9-12)21-16(26)10-25-23-17(22-24-25)11-3-6-13(20)7-4-11/h3-9H,10H2,1-2H3,(H,21,26). The summed E-state index contributed by atoms with van der Waals surface area (Å²) in [5.74, 6) is -2.10. The Morgan fingerprint density at radius 3 is 2.40 bits per heavy atom. The maximum atomic E-state index is 13.0. The van der Waals surface area contributed by atoms with E-state index in [4.69, 9.17) is 4.74 Å². The molecule has 0 bridgehead atoms. The average Bonchev–Trinajstić information content (AvgIpc) is 3.21. The van der Waals surface area contributed by atoms with E-state index < -0.39 is 23.7 Å². The smallest absolute Gasteiger partial charge is 0.339 e. The Labute approximate surface area is 169 Å². The van der Waals surface area contributed by atoms with Gasteiger partial charge in [-0.2, -0.15) is 4.80 Å². The van der Waals surface area contributed by atoms with Crippen molar-refractivity contribution in [2.24, 2.45) is 0 Å². The maximum Gasteiger partial charge on any atom is 0.339 e. The fourth-order valence-electron chi connectivity index (χ4n) is 2.52. The van der Waals surface area contributed by atoms with Crippen LogP contribution < -0.4 is 5.32 Å². The summed E-state index contributed by atoms with van der Waals surface area (Å²) in [4.78, 5) is 37.2. The van der Waals surface area contributed by atoms with E-state index >= 15 is 0 Å². The molecule has 3 rings (SSSR count). The zero-order valence-electron chi connectivity index (χ0n) is 16.0. The Balaban J connectivity index is 1.78. The van der Waals surface area contributed by atoms with Crippen molar-refractivity contribution in [3.05, 3.63) is 59.4 Å². The van der Waals surface area contributed by atoms with Crippen LogP contribution in [0.1, 0.15) is 20.7 Å². The number of nitrogens with one attached hydrogen (secondary N) is 1. The summed E-state index contributed by atoms with van der Waals surface area (Å²) in [5, 5.41) is 14.2. The number of tetrazole rings is 1. The molecule has 154 valence electrons. The molecule has 2 aromatic carbocycles. The lowest BCUT2D eigenvalue weighted by Gasteiger charge is -2.11. The second kappa shape index (κ2) is 8.90. The predicted molar refractivity (Wildman–Crippen MR) is 101 cm³/mol. The lowest BCUT2D eigenvalue weighted by Crippen LogP contribution is -2.22. The molecule has 0 saturated heterocycles. The molecule has 1 amide bonds. The molecule has 0 aliphatic rings. The Morgan fingerprint density at radius 2 is 1.73 bits per heavy atom. The van der Waals surface area contributed by atoms with Crippen molar-refractivity contribution in [1.82, 2.24) is 20.2 Å². The number of halogens is 1. The molecule has 1 heterocycles. The van der Waals surface area contributed by atoms with Crippen molar-refractivity contribution in [2.75, 3.05) is 19.5 Å². The number of nitrogens with zero attached hydrogens (tertiary/aromatic N) is 4. The van der Waals surface area contributed by atoms with E-state index in [2.05, 4.69) is 25.5 Å². The lowest BCUT2D eigenvalue weighted by atomic mass is 10.1. The number of aromatic nitrogens is 4. The fraction of sp³-hybridized carbons (Fsp3) is 0.158. The number of ether oxygens (including phenoxy) is 2. The van der Waals surface area contributed by atoms with Gasteiger partial charge in [-0.3, -0.25) is 4.79 Å². The molecule has 0 aliphatic carbocycles. The van der Waals surface area contributed by atoms with Crippen molar-refractivity contribution in [2.45, 2.75) is 6.54 Å². The van der Waals surface area contributed by atoms with Crippen LogP contribution in [0, 0.1) is 5.82 Å². The normalized spacial score (nSPS) is 10.4. The predicted octanol–water partition coefficient (Wildman–Crippen LogP) is 1.69. The molecular formula is C19H16FN5O5. The summed E-state index contributed by atoms with van der Waals surface area (Å²) >= 11 is 0. The number of rotatable bonds is 6. The van der Waals surface area contributed by atoms with Gasteiger partial charge in [0.1, 0.15) is 12.4 Å². The molecule has 0 fully saturated rings. The van der Waals surface area contributed by atoms with Crippen LogP contribution in [-0.2, 0) is 20.8 Å². The maximum absolute atomic E-state index is 13.0. The molecule has 0 spiro atoms. The third-order valence-electron chi connectivity index (χ3n) is 3.96. The van der Waals surface area contributed by atoms with E-state index in [0.717, 1.165) is 4.80 Å². The summed E-state index contributed by atoms with van der Waals surface area (Å²) in [5.41, 5.74) is 0.783. The Hall–Kier alpha value is -4.15. The molecule has 1 N–H and O–H groups in total. The van der Waals surface area contributed by atoms with Crippen LogP contribution in [0.25, 0.3) is 11.4 Å². The van der Waals surface area contributed by atoms with Crippen LogP contribution in [0.15, 0.2) is 42.5 Å². The first-order valence-electron chi connectivity index (χ1n) is 8.55. The highest BCUT2D eigenvalue weighted by molar-refractivity contribution is 6.03. The van der Waals surface area contributed by atoms with Crippen LogP contribution in [0.5, 0.6) is 0 Å². The highest BCUT2D eigenvalue weighted by Gasteiger charge is 2.18. The van der Waals surface area contributed by atoms with Crippen molar-refractivity contribution in [3.63, 3.8) is 0 Å². The molecule has 0 atom stereocenters. The molecule has 0 unspecified atom stereocenters. The zero-order chi connectivity index (χ0) is 21.7. The monoisotopic (exact) mass is 413 g/mol. The van der Waals surface area contributed by atoms with E-state index in [0.29, 0.717) is 5.56 Å². The second-order valence-electron chi connectivity index (χ2n) is 5.94. The van der Waals surface area contributed by atoms with Gasteiger partial charge in [-0.15, -0.1) is 10.2 Å². The molecule has 11 heteroatoms. The van der Waals surface area contributed by atoms with Gasteiger partial charge in [0, 0.05) is 5.56 Å². The minimum atomic E-state index is -0.695. The summed E-state index contributed by atoms with van der Waals surface area (Å²) in [6.07, 6.45) is 0. The van der Waals surface area contributed by atoms with Crippen LogP contribution in [0.2, 0.25) is 0 Å². The average molecular weight is 413 g/mol. The minimum Gasteiger partial charge on any atom is -0.465 e. The van der Waals surface area contributed by atoms with Crippen molar-refractivity contribution >= 4 is 23.5 Å². The number of amides is 1. The first-order chi connectivity index (χ1) is 14.4. The third-order valence-corrected chi connectivity index (χ3v) is 3.96. The number of benzene rings is 2. The van der Waals surface area contributed by atoms with Gasteiger partial charge in [0.25, 0.3) is 0 Å². The Morgan fingerprint density at radius 1 is 1.03 bits per heavy atom. The van der Waals surface area contributed by atoms with E-state index in [1.165, 1.54) is 56.7 Å². The fourth-order valence-corrected chi connectivity index (χ4v) is 2.52. The van der Waals surface area contributed by atoms with Crippen LogP contribution in [0.4, 0.5) is 10.1 Å². The van der Waals surface area contributed by atoms with Gasteiger partial charge in [0.2, 0.25) is 11.7 Å². The number of anilines is 1. The van der Waals surface area contributed by atoms with Crippen molar-refractivity contribution in [3.8, 4) is 11.4 Å². The first-order valence-corrected chi connectivity index (χ1v) is 8.55. The number of carbonyl (C=O) groups is 3. The second-order valence-corrected chi connectivity index (χ2v) is 5.94. The number of hydrogen-bond acceptors (Lipinski definition) is 8. The van der Waals surface area contributed by atoms with Gasteiger partial charge in [-0.25, -0.2) is 14.0 Å². The van der Waals surface area contributed by atoms with Gasteiger partial charge in [0.05, 0.1) is 31.0 Å². The zero-order valence-corrected chi connectivity index (χ0v) is 16.0. The third kappa shape index (κ3) is 4.63. The molecular weight excluding hydrogens is 397 g/mol. The van der Waals surface area contributed by atoms with E-state index in [-0.39, 0.29) is 29.2 Å². The largest absolute Gasteiger partial charge is 0.465 e. The summed E-state index contributed by atoms with van der Waals surface area (Å²) in [7, 11) is 2.41. The van der Waals surface area contributed by atoms with Gasteiger partial charge < -0.3 is 14.8 Å².